The molecule has 0 fully saturated rings. The summed E-state index contributed by atoms with van der Waals surface area (Å²) in [7, 11) is 0. The summed E-state index contributed by atoms with van der Waals surface area (Å²) in [5.74, 6) is 0.873. The van der Waals surface area contributed by atoms with Crippen molar-refractivity contribution < 1.29 is 21.5 Å². The molecule has 0 spiro atoms. The van der Waals surface area contributed by atoms with Crippen LogP contribution in [-0.2, 0) is 6.54 Å². The van der Waals surface area contributed by atoms with Gasteiger partial charge in [-0.15, -0.1) is 0 Å². The summed E-state index contributed by atoms with van der Waals surface area (Å²) < 4.78 is 2.31. The molecular weight excluding hydrogens is 286 g/mol. The second-order valence-electron chi connectivity index (χ2n) is 5.57. The van der Waals surface area contributed by atoms with Crippen molar-refractivity contribution in [3.05, 3.63) is 30.1 Å². The van der Waals surface area contributed by atoms with Gasteiger partial charge in [0.25, 0.3) is 0 Å². The maximum absolute atomic E-state index is 2.31. The van der Waals surface area contributed by atoms with Crippen LogP contribution >= 0.6 is 0 Å². The maximum Gasteiger partial charge on any atom is 0.171 e. The van der Waals surface area contributed by atoms with Crippen LogP contribution in [0.2, 0.25) is 0 Å². The van der Waals surface area contributed by atoms with E-state index in [-0.39, 0.29) is 17.0 Å². The zero-order valence-corrected chi connectivity index (χ0v) is 13.7. The van der Waals surface area contributed by atoms with Crippen LogP contribution in [0.15, 0.2) is 24.5 Å². The Bertz CT molecular complexity index is 310. The van der Waals surface area contributed by atoms with Crippen LogP contribution < -0.4 is 21.5 Å². The van der Waals surface area contributed by atoms with Gasteiger partial charge in [-0.3, -0.25) is 0 Å². The van der Waals surface area contributed by atoms with E-state index in [1.165, 1.54) is 50.6 Å². The number of halogens is 1. The largest absolute Gasteiger partial charge is 1.00 e. The van der Waals surface area contributed by atoms with E-state index in [1.54, 1.807) is 0 Å². The topological polar surface area (TPSA) is 3.88 Å². The molecule has 1 heterocycles. The van der Waals surface area contributed by atoms with Gasteiger partial charge >= 0.3 is 0 Å². The third-order valence-corrected chi connectivity index (χ3v) is 3.20. The minimum Gasteiger partial charge on any atom is -1.00 e. The molecule has 0 bridgehead atoms. The van der Waals surface area contributed by atoms with Gasteiger partial charge in [0, 0.05) is 18.1 Å². The Morgan fingerprint density at radius 2 is 1.72 bits per heavy atom. The molecule has 0 aromatic carbocycles. The van der Waals surface area contributed by atoms with Gasteiger partial charge in [-0.05, 0) is 25.3 Å². The van der Waals surface area contributed by atoms with E-state index in [0.29, 0.717) is 0 Å². The van der Waals surface area contributed by atoms with Crippen LogP contribution in [0.4, 0.5) is 0 Å². The standard InChI is InChI=1S/C16H28N.BrH/c1-15(2)10-7-5-4-6-8-12-17-13-9-11-16(3)14-17;/h9,11,13-15H,4-8,10,12H2,1-3H3;1H/q+1;/p-1. The van der Waals surface area contributed by atoms with Crippen molar-refractivity contribution >= 4 is 0 Å². The first-order valence-electron chi connectivity index (χ1n) is 7.14. The molecule has 0 amide bonds. The lowest BCUT2D eigenvalue weighted by Crippen LogP contribution is -3.00. The number of nitrogens with zero attached hydrogens (tertiary/aromatic N) is 1. The maximum atomic E-state index is 2.31. The van der Waals surface area contributed by atoms with E-state index >= 15 is 0 Å². The Kier molecular flexibility index (Phi) is 10.3. The molecule has 0 aliphatic rings. The van der Waals surface area contributed by atoms with E-state index < -0.39 is 0 Å². The van der Waals surface area contributed by atoms with Gasteiger partial charge in [0.15, 0.2) is 12.4 Å². The number of aryl methyl sites for hydroxylation is 2. The van der Waals surface area contributed by atoms with Gasteiger partial charge in [-0.2, -0.15) is 0 Å². The molecule has 1 nitrogen and oxygen atoms in total. The zero-order valence-electron chi connectivity index (χ0n) is 12.2. The quantitative estimate of drug-likeness (QED) is 0.503. The van der Waals surface area contributed by atoms with Gasteiger partial charge < -0.3 is 17.0 Å². The van der Waals surface area contributed by atoms with Crippen molar-refractivity contribution in [3.8, 4) is 0 Å². The Hall–Kier alpha value is -0.370. The van der Waals surface area contributed by atoms with Crippen molar-refractivity contribution in [2.75, 3.05) is 0 Å². The Balaban J connectivity index is 0.00000289. The minimum absolute atomic E-state index is 0. The highest BCUT2D eigenvalue weighted by Crippen LogP contribution is 2.10. The minimum atomic E-state index is 0. The normalized spacial score (nSPS) is 10.4. The highest BCUT2D eigenvalue weighted by molar-refractivity contribution is 5.01. The molecular formula is C16H28BrN. The van der Waals surface area contributed by atoms with Gasteiger partial charge in [0.1, 0.15) is 6.54 Å². The fourth-order valence-corrected chi connectivity index (χ4v) is 2.17. The van der Waals surface area contributed by atoms with Crippen molar-refractivity contribution in [2.24, 2.45) is 5.92 Å². The van der Waals surface area contributed by atoms with Crippen molar-refractivity contribution in [1.29, 1.82) is 0 Å². The smallest absolute Gasteiger partial charge is 0.171 e. The first-order chi connectivity index (χ1) is 8.18. The summed E-state index contributed by atoms with van der Waals surface area (Å²) in [6.45, 7) is 7.96. The molecule has 1 rings (SSSR count). The van der Waals surface area contributed by atoms with Crippen LogP contribution in [0, 0.1) is 12.8 Å². The van der Waals surface area contributed by atoms with Crippen LogP contribution in [0.5, 0.6) is 0 Å². The van der Waals surface area contributed by atoms with Crippen LogP contribution in [0.3, 0.4) is 0 Å². The number of rotatable bonds is 8. The molecule has 0 N–H and O–H groups in total. The SMILES string of the molecule is Cc1ccc[n+](CCCCCCCC(C)C)c1.[Br-]. The first kappa shape index (κ1) is 17.6. The van der Waals surface area contributed by atoms with Crippen molar-refractivity contribution in [3.63, 3.8) is 0 Å². The monoisotopic (exact) mass is 313 g/mol. The van der Waals surface area contributed by atoms with E-state index in [2.05, 4.69) is 49.9 Å². The molecule has 1 aromatic rings. The Morgan fingerprint density at radius 3 is 2.39 bits per heavy atom. The molecule has 0 unspecified atom stereocenters. The van der Waals surface area contributed by atoms with Gasteiger partial charge in [0.05, 0.1) is 0 Å². The fraction of sp³-hybridized carbons (Fsp3) is 0.688. The molecule has 0 aliphatic carbocycles. The summed E-state index contributed by atoms with van der Waals surface area (Å²) in [6, 6.07) is 4.29. The summed E-state index contributed by atoms with van der Waals surface area (Å²) in [6.07, 6.45) is 12.7. The Morgan fingerprint density at radius 1 is 1.06 bits per heavy atom. The highest BCUT2D eigenvalue weighted by atomic mass is 79.9. The molecule has 0 radical (unpaired) electrons. The molecule has 2 heteroatoms. The van der Waals surface area contributed by atoms with E-state index in [4.69, 9.17) is 0 Å². The third kappa shape index (κ3) is 8.68. The molecule has 0 saturated carbocycles. The summed E-state index contributed by atoms with van der Waals surface area (Å²) in [5, 5.41) is 0. The van der Waals surface area contributed by atoms with Crippen LogP contribution in [-0.4, -0.2) is 0 Å². The van der Waals surface area contributed by atoms with E-state index in [0.717, 1.165) is 5.92 Å². The van der Waals surface area contributed by atoms with Crippen LogP contribution in [0.1, 0.15) is 57.9 Å². The number of hydrogen-bond acceptors (Lipinski definition) is 0. The fourth-order valence-electron chi connectivity index (χ4n) is 2.17. The third-order valence-electron chi connectivity index (χ3n) is 3.20. The first-order valence-corrected chi connectivity index (χ1v) is 7.14. The summed E-state index contributed by atoms with van der Waals surface area (Å²) in [4.78, 5) is 0. The number of pyridine rings is 1. The predicted octanol–water partition coefficient (Wildman–Crippen LogP) is 1.28. The number of unbranched alkanes of at least 4 members (excludes halogenated alkanes) is 4. The lowest BCUT2D eigenvalue weighted by molar-refractivity contribution is -0.697. The molecule has 0 aliphatic heterocycles. The van der Waals surface area contributed by atoms with Gasteiger partial charge in [0.2, 0.25) is 0 Å². The zero-order chi connectivity index (χ0) is 12.5. The number of hydrogen-bond donors (Lipinski definition) is 0. The molecule has 0 atom stereocenters. The van der Waals surface area contributed by atoms with Crippen LogP contribution in [0.25, 0.3) is 0 Å². The second-order valence-corrected chi connectivity index (χ2v) is 5.57. The lowest BCUT2D eigenvalue weighted by Gasteiger charge is -2.03. The average molecular weight is 314 g/mol. The molecule has 0 saturated heterocycles. The van der Waals surface area contributed by atoms with Gasteiger partial charge in [-0.25, -0.2) is 4.57 Å². The van der Waals surface area contributed by atoms with Crippen molar-refractivity contribution in [1.82, 2.24) is 0 Å². The van der Waals surface area contributed by atoms with E-state index in [9.17, 15) is 0 Å². The molecule has 18 heavy (non-hydrogen) atoms. The Labute approximate surface area is 123 Å². The summed E-state index contributed by atoms with van der Waals surface area (Å²) >= 11 is 0. The second kappa shape index (κ2) is 10.5. The molecule has 1 aromatic heterocycles. The van der Waals surface area contributed by atoms with Gasteiger partial charge in [-0.1, -0.05) is 39.5 Å². The number of aromatic nitrogens is 1. The predicted molar refractivity (Wildman–Crippen MR) is 73.9 cm³/mol. The lowest BCUT2D eigenvalue weighted by atomic mass is 10.0. The van der Waals surface area contributed by atoms with Crippen molar-refractivity contribution in [2.45, 2.75) is 65.8 Å². The van der Waals surface area contributed by atoms with E-state index in [1.807, 2.05) is 0 Å². The average Bonchev–Trinajstić information content (AvgIpc) is 2.27. The summed E-state index contributed by atoms with van der Waals surface area (Å²) in [5.41, 5.74) is 1.35. The highest BCUT2D eigenvalue weighted by Gasteiger charge is 2.00. The molecule has 104 valence electrons.